The van der Waals surface area contributed by atoms with Gasteiger partial charge in [0.1, 0.15) is 0 Å². The van der Waals surface area contributed by atoms with E-state index in [0.717, 1.165) is 16.3 Å². The molecule has 2 aliphatic rings. The second kappa shape index (κ2) is 7.03. The van der Waals surface area contributed by atoms with Crippen LogP contribution in [0.2, 0.25) is 5.02 Å². The summed E-state index contributed by atoms with van der Waals surface area (Å²) in [7, 11) is 0. The third-order valence-electron chi connectivity index (χ3n) is 5.74. The average molecular weight is 371 g/mol. The summed E-state index contributed by atoms with van der Waals surface area (Å²) in [6.45, 7) is 3.34. The van der Waals surface area contributed by atoms with E-state index in [0.29, 0.717) is 19.5 Å². The maximum Gasteiger partial charge on any atom is 0.226 e. The van der Waals surface area contributed by atoms with Crippen LogP contribution in [0.1, 0.15) is 30.4 Å². The van der Waals surface area contributed by atoms with E-state index in [1.165, 1.54) is 5.56 Å². The summed E-state index contributed by atoms with van der Waals surface area (Å²) in [6.07, 6.45) is 0.486. The normalized spacial score (nSPS) is 24.6. The van der Waals surface area contributed by atoms with Crippen LogP contribution in [-0.2, 0) is 11.3 Å². The Morgan fingerprint density at radius 3 is 2.65 bits per heavy atom. The molecule has 0 saturated carbocycles. The Labute approximate surface area is 159 Å². The summed E-state index contributed by atoms with van der Waals surface area (Å²) in [5.41, 5.74) is 3.22. The molecule has 26 heavy (non-hydrogen) atoms. The Morgan fingerprint density at radius 2 is 1.92 bits per heavy atom. The molecule has 2 aromatic rings. The van der Waals surface area contributed by atoms with Gasteiger partial charge in [-0.3, -0.25) is 9.69 Å². The predicted molar refractivity (Wildman–Crippen MR) is 103 cm³/mol. The number of nitrogens with zero attached hydrogens (tertiary/aromatic N) is 2. The second-order valence-corrected chi connectivity index (χ2v) is 7.43. The lowest BCUT2D eigenvalue weighted by atomic mass is 9.71. The highest BCUT2D eigenvalue weighted by molar-refractivity contribution is 6.31. The highest BCUT2D eigenvalue weighted by atomic mass is 35.5. The molecule has 0 aromatic heterocycles. The number of aliphatic hydroxyl groups is 1. The quantitative estimate of drug-likeness (QED) is 0.896. The molecule has 1 saturated heterocycles. The van der Waals surface area contributed by atoms with Crippen molar-refractivity contribution >= 4 is 23.2 Å². The zero-order valence-corrected chi connectivity index (χ0v) is 15.6. The van der Waals surface area contributed by atoms with E-state index in [-0.39, 0.29) is 30.5 Å². The van der Waals surface area contributed by atoms with Crippen LogP contribution in [0, 0.1) is 0 Å². The molecule has 2 heterocycles. The van der Waals surface area contributed by atoms with Gasteiger partial charge in [-0.25, -0.2) is 0 Å². The van der Waals surface area contributed by atoms with Gasteiger partial charge in [0.25, 0.3) is 0 Å². The minimum Gasteiger partial charge on any atom is -0.395 e. The number of amides is 1. The number of aliphatic hydroxyl groups excluding tert-OH is 1. The fraction of sp³-hybridized carbons (Fsp3) is 0.381. The zero-order valence-electron chi connectivity index (χ0n) is 14.8. The third kappa shape index (κ3) is 2.73. The molecule has 1 fully saturated rings. The molecule has 0 aliphatic carbocycles. The molecule has 136 valence electrons. The number of fused-ring (bicyclic) bond motifs is 3. The lowest BCUT2D eigenvalue weighted by Crippen LogP contribution is -2.68. The molecule has 2 aliphatic heterocycles. The van der Waals surface area contributed by atoms with E-state index >= 15 is 0 Å². The number of likely N-dealkylation sites (tertiary alicyclic amines) is 1. The highest BCUT2D eigenvalue weighted by Crippen LogP contribution is 2.48. The maximum absolute atomic E-state index is 12.5. The smallest absolute Gasteiger partial charge is 0.226 e. The van der Waals surface area contributed by atoms with Gasteiger partial charge in [-0.05, 0) is 23.3 Å². The van der Waals surface area contributed by atoms with Gasteiger partial charge in [-0.1, -0.05) is 54.9 Å². The maximum atomic E-state index is 12.5. The number of para-hydroxylation sites is 1. The van der Waals surface area contributed by atoms with Gasteiger partial charge in [0, 0.05) is 48.2 Å². The SMILES string of the molecule is CCC(=O)N1C[C@H]2[C@@H](c3ccccc31)[C@@H](CO)N2Cc1ccccc1Cl. The van der Waals surface area contributed by atoms with Crippen LogP contribution in [0.3, 0.4) is 0 Å². The van der Waals surface area contributed by atoms with Crippen LogP contribution in [0.5, 0.6) is 0 Å². The van der Waals surface area contributed by atoms with Crippen molar-refractivity contribution in [1.29, 1.82) is 0 Å². The van der Waals surface area contributed by atoms with Crippen molar-refractivity contribution in [1.82, 2.24) is 4.90 Å². The Morgan fingerprint density at radius 1 is 1.19 bits per heavy atom. The fourth-order valence-electron chi connectivity index (χ4n) is 4.45. The van der Waals surface area contributed by atoms with E-state index in [4.69, 9.17) is 11.6 Å². The number of rotatable bonds is 4. The van der Waals surface area contributed by atoms with Gasteiger partial charge in [0.05, 0.1) is 6.61 Å². The molecule has 1 amide bonds. The molecular formula is C21H23ClN2O2. The first-order chi connectivity index (χ1) is 12.7. The van der Waals surface area contributed by atoms with Crippen molar-refractivity contribution in [3.05, 3.63) is 64.7 Å². The van der Waals surface area contributed by atoms with Crippen molar-refractivity contribution < 1.29 is 9.90 Å². The van der Waals surface area contributed by atoms with E-state index in [9.17, 15) is 9.90 Å². The highest BCUT2D eigenvalue weighted by Gasteiger charge is 2.52. The van der Waals surface area contributed by atoms with Gasteiger partial charge in [0.2, 0.25) is 5.91 Å². The largest absolute Gasteiger partial charge is 0.395 e. The van der Waals surface area contributed by atoms with Crippen LogP contribution in [0.4, 0.5) is 5.69 Å². The third-order valence-corrected chi connectivity index (χ3v) is 6.11. The van der Waals surface area contributed by atoms with Gasteiger partial charge in [-0.15, -0.1) is 0 Å². The molecule has 1 N–H and O–H groups in total. The Balaban J connectivity index is 1.68. The van der Waals surface area contributed by atoms with E-state index in [1.807, 2.05) is 54.3 Å². The number of benzene rings is 2. The second-order valence-electron chi connectivity index (χ2n) is 7.02. The van der Waals surface area contributed by atoms with Crippen molar-refractivity contribution in [2.45, 2.75) is 37.9 Å². The van der Waals surface area contributed by atoms with Crippen LogP contribution in [0.15, 0.2) is 48.5 Å². The first-order valence-corrected chi connectivity index (χ1v) is 9.52. The first kappa shape index (κ1) is 17.5. The topological polar surface area (TPSA) is 43.8 Å². The molecule has 0 spiro atoms. The van der Waals surface area contributed by atoms with Crippen LogP contribution in [0.25, 0.3) is 0 Å². The van der Waals surface area contributed by atoms with Gasteiger partial charge in [-0.2, -0.15) is 0 Å². The van der Waals surface area contributed by atoms with Gasteiger partial charge < -0.3 is 10.0 Å². The number of carbonyl (C=O) groups excluding carboxylic acids is 1. The molecule has 4 rings (SSSR count). The molecule has 0 unspecified atom stereocenters. The number of hydrogen-bond donors (Lipinski definition) is 1. The van der Waals surface area contributed by atoms with Crippen LogP contribution < -0.4 is 4.90 Å². The molecule has 0 radical (unpaired) electrons. The molecule has 5 heteroatoms. The lowest BCUT2D eigenvalue weighted by molar-refractivity contribution is -0.119. The van der Waals surface area contributed by atoms with E-state index in [2.05, 4.69) is 11.0 Å². The molecule has 3 atom stereocenters. The predicted octanol–water partition coefficient (Wildman–Crippen LogP) is 3.43. The summed E-state index contributed by atoms with van der Waals surface area (Å²) in [4.78, 5) is 16.7. The molecule has 0 bridgehead atoms. The van der Waals surface area contributed by atoms with Gasteiger partial charge >= 0.3 is 0 Å². The molecule has 4 nitrogen and oxygen atoms in total. The van der Waals surface area contributed by atoms with Crippen molar-refractivity contribution in [2.24, 2.45) is 0 Å². The minimum absolute atomic E-state index is 0.0521. The lowest BCUT2D eigenvalue weighted by Gasteiger charge is -2.59. The molecule has 2 aromatic carbocycles. The van der Waals surface area contributed by atoms with E-state index in [1.54, 1.807) is 0 Å². The Hall–Kier alpha value is -1.88. The minimum atomic E-state index is 0.0521. The van der Waals surface area contributed by atoms with Crippen LogP contribution >= 0.6 is 11.6 Å². The van der Waals surface area contributed by atoms with Crippen molar-refractivity contribution in [2.75, 3.05) is 18.1 Å². The van der Waals surface area contributed by atoms with Crippen molar-refractivity contribution in [3.8, 4) is 0 Å². The number of hydrogen-bond acceptors (Lipinski definition) is 3. The summed E-state index contributed by atoms with van der Waals surface area (Å²) >= 11 is 6.34. The Bertz CT molecular complexity index is 825. The average Bonchev–Trinajstić information content (AvgIpc) is 2.66. The fourth-order valence-corrected chi connectivity index (χ4v) is 4.65. The summed E-state index contributed by atoms with van der Waals surface area (Å²) in [5, 5.41) is 10.8. The monoisotopic (exact) mass is 370 g/mol. The summed E-state index contributed by atoms with van der Waals surface area (Å²) in [6, 6.07) is 16.2. The molecular weight excluding hydrogens is 348 g/mol. The van der Waals surface area contributed by atoms with E-state index < -0.39 is 0 Å². The zero-order chi connectivity index (χ0) is 18.3. The van der Waals surface area contributed by atoms with Crippen molar-refractivity contribution in [3.63, 3.8) is 0 Å². The van der Waals surface area contributed by atoms with Gasteiger partial charge in [0.15, 0.2) is 0 Å². The Kier molecular flexibility index (Phi) is 4.74. The number of carbonyl (C=O) groups is 1. The first-order valence-electron chi connectivity index (χ1n) is 9.15. The number of anilines is 1. The summed E-state index contributed by atoms with van der Waals surface area (Å²) < 4.78 is 0. The standard InChI is InChI=1S/C21H23ClN2O2/c1-2-20(26)24-12-18-21(15-8-4-6-10-17(15)24)19(13-25)23(18)11-14-7-3-5-9-16(14)22/h3-10,18-19,21,25H,2,11-13H2,1H3/t18-,19+,21+/m0/s1. The van der Waals surface area contributed by atoms with Crippen LogP contribution in [-0.4, -0.2) is 41.1 Å². The number of halogens is 1. The summed E-state index contributed by atoms with van der Waals surface area (Å²) in [5.74, 6) is 0.389.